The highest BCUT2D eigenvalue weighted by Gasteiger charge is 2.22. The van der Waals surface area contributed by atoms with Gasteiger partial charge in [-0.05, 0) is 39.8 Å². The van der Waals surface area contributed by atoms with Gasteiger partial charge in [0.1, 0.15) is 23.4 Å². The molecule has 1 N–H and O–H groups in total. The molecule has 0 aliphatic heterocycles. The minimum atomic E-state index is -0.575. The van der Waals surface area contributed by atoms with Gasteiger partial charge >= 0.3 is 6.09 Å². The van der Waals surface area contributed by atoms with Crippen LogP contribution < -0.4 is 5.32 Å². The number of hydrogen-bond acceptors (Lipinski definition) is 4. The Hall–Kier alpha value is -1.78. The molecule has 0 aliphatic carbocycles. The SMILES string of the molecule is Cc1ccc(C(CC=O)NC(=O)OC(C)(C)C)o1. The number of hydrogen-bond donors (Lipinski definition) is 1. The molecule has 5 heteroatoms. The number of carbonyl (C=O) groups excluding carboxylic acids is 2. The summed E-state index contributed by atoms with van der Waals surface area (Å²) >= 11 is 0. The Balaban J connectivity index is 2.69. The molecular formula is C13H19NO4. The molecular weight excluding hydrogens is 234 g/mol. The second-order valence-corrected chi connectivity index (χ2v) is 5.05. The molecule has 0 spiro atoms. The zero-order valence-electron chi connectivity index (χ0n) is 11.1. The minimum absolute atomic E-state index is 0.145. The normalized spacial score (nSPS) is 12.9. The number of amides is 1. The minimum Gasteiger partial charge on any atom is -0.464 e. The van der Waals surface area contributed by atoms with Gasteiger partial charge < -0.3 is 19.3 Å². The van der Waals surface area contributed by atoms with Crippen LogP contribution in [0.5, 0.6) is 0 Å². The Kier molecular flexibility index (Phi) is 4.53. The molecule has 1 rings (SSSR count). The largest absolute Gasteiger partial charge is 0.464 e. The second-order valence-electron chi connectivity index (χ2n) is 5.05. The van der Waals surface area contributed by atoms with E-state index in [4.69, 9.17) is 9.15 Å². The van der Waals surface area contributed by atoms with Crippen LogP contribution in [0.25, 0.3) is 0 Å². The quantitative estimate of drug-likeness (QED) is 0.838. The highest BCUT2D eigenvalue weighted by molar-refractivity contribution is 5.69. The van der Waals surface area contributed by atoms with E-state index in [1.54, 1.807) is 39.8 Å². The fourth-order valence-electron chi connectivity index (χ4n) is 1.43. The molecule has 1 heterocycles. The summed E-state index contributed by atoms with van der Waals surface area (Å²) in [6.45, 7) is 7.13. The van der Waals surface area contributed by atoms with Crippen LogP contribution in [0.15, 0.2) is 16.5 Å². The molecule has 1 atom stereocenters. The molecule has 0 aromatic carbocycles. The predicted molar refractivity (Wildman–Crippen MR) is 66.2 cm³/mol. The second kappa shape index (κ2) is 5.71. The number of alkyl carbamates (subject to hydrolysis) is 1. The van der Waals surface area contributed by atoms with Gasteiger partial charge in [0.05, 0.1) is 6.04 Å². The van der Waals surface area contributed by atoms with Crippen LogP contribution in [-0.4, -0.2) is 18.0 Å². The molecule has 1 aromatic rings. The molecule has 0 fully saturated rings. The van der Waals surface area contributed by atoms with E-state index >= 15 is 0 Å². The molecule has 5 nitrogen and oxygen atoms in total. The van der Waals surface area contributed by atoms with Crippen molar-refractivity contribution in [2.24, 2.45) is 0 Å². The van der Waals surface area contributed by atoms with Crippen LogP contribution in [0.4, 0.5) is 4.79 Å². The van der Waals surface area contributed by atoms with Crippen molar-refractivity contribution in [2.75, 3.05) is 0 Å². The molecule has 0 aliphatic rings. The van der Waals surface area contributed by atoms with E-state index < -0.39 is 17.7 Å². The van der Waals surface area contributed by atoms with Crippen molar-refractivity contribution in [3.8, 4) is 0 Å². The Labute approximate surface area is 106 Å². The average Bonchev–Trinajstić information content (AvgIpc) is 2.61. The lowest BCUT2D eigenvalue weighted by Gasteiger charge is -2.22. The number of aryl methyl sites for hydroxylation is 1. The molecule has 0 radical (unpaired) electrons. The molecule has 1 aromatic heterocycles. The van der Waals surface area contributed by atoms with E-state index in [0.29, 0.717) is 5.76 Å². The molecule has 0 saturated carbocycles. The van der Waals surface area contributed by atoms with Gasteiger partial charge in [-0.2, -0.15) is 0 Å². The summed E-state index contributed by atoms with van der Waals surface area (Å²) < 4.78 is 10.5. The highest BCUT2D eigenvalue weighted by Crippen LogP contribution is 2.19. The molecule has 0 bridgehead atoms. The summed E-state index contributed by atoms with van der Waals surface area (Å²) in [6, 6.07) is 3.02. The molecule has 0 saturated heterocycles. The van der Waals surface area contributed by atoms with Crippen LogP contribution in [0, 0.1) is 6.92 Å². The first-order valence-corrected chi connectivity index (χ1v) is 5.81. The van der Waals surface area contributed by atoms with Crippen molar-refractivity contribution in [3.63, 3.8) is 0 Å². The first-order valence-electron chi connectivity index (χ1n) is 5.81. The third kappa shape index (κ3) is 4.61. The number of ether oxygens (including phenoxy) is 1. The average molecular weight is 253 g/mol. The fourth-order valence-corrected chi connectivity index (χ4v) is 1.43. The van der Waals surface area contributed by atoms with Crippen molar-refractivity contribution in [2.45, 2.75) is 45.8 Å². The molecule has 1 unspecified atom stereocenters. The van der Waals surface area contributed by atoms with Crippen LogP contribution in [-0.2, 0) is 9.53 Å². The lowest BCUT2D eigenvalue weighted by Crippen LogP contribution is -2.35. The van der Waals surface area contributed by atoms with E-state index in [0.717, 1.165) is 12.0 Å². The maximum absolute atomic E-state index is 11.6. The lowest BCUT2D eigenvalue weighted by atomic mass is 10.1. The van der Waals surface area contributed by atoms with Gasteiger partial charge in [0.2, 0.25) is 0 Å². The summed E-state index contributed by atoms with van der Waals surface area (Å²) in [7, 11) is 0. The van der Waals surface area contributed by atoms with Gasteiger partial charge in [-0.1, -0.05) is 0 Å². The topological polar surface area (TPSA) is 68.5 Å². The van der Waals surface area contributed by atoms with Crippen molar-refractivity contribution >= 4 is 12.4 Å². The summed E-state index contributed by atoms with van der Waals surface area (Å²) in [5.74, 6) is 1.28. The Morgan fingerprint density at radius 1 is 1.50 bits per heavy atom. The van der Waals surface area contributed by atoms with Crippen molar-refractivity contribution in [1.82, 2.24) is 5.32 Å². The third-order valence-electron chi connectivity index (χ3n) is 2.13. The van der Waals surface area contributed by atoms with Crippen LogP contribution in [0.1, 0.15) is 44.8 Å². The van der Waals surface area contributed by atoms with E-state index in [9.17, 15) is 9.59 Å². The van der Waals surface area contributed by atoms with E-state index in [1.807, 2.05) is 0 Å². The summed E-state index contributed by atoms with van der Waals surface area (Å²) in [5.41, 5.74) is -0.575. The number of aldehydes is 1. The van der Waals surface area contributed by atoms with Crippen molar-refractivity contribution in [1.29, 1.82) is 0 Å². The molecule has 1 amide bonds. The van der Waals surface area contributed by atoms with Crippen molar-refractivity contribution in [3.05, 3.63) is 23.7 Å². The van der Waals surface area contributed by atoms with E-state index in [1.165, 1.54) is 0 Å². The molecule has 100 valence electrons. The number of carbonyl (C=O) groups is 2. The Morgan fingerprint density at radius 2 is 2.17 bits per heavy atom. The maximum atomic E-state index is 11.6. The van der Waals surface area contributed by atoms with Gasteiger partial charge in [-0.3, -0.25) is 0 Å². The summed E-state index contributed by atoms with van der Waals surface area (Å²) in [4.78, 5) is 22.3. The van der Waals surface area contributed by atoms with Gasteiger partial charge in [-0.15, -0.1) is 0 Å². The van der Waals surface area contributed by atoms with Gasteiger partial charge in [0, 0.05) is 6.42 Å². The van der Waals surface area contributed by atoms with Gasteiger partial charge in [0.15, 0.2) is 0 Å². The predicted octanol–water partition coefficient (Wildman–Crippen LogP) is 2.74. The molecule has 18 heavy (non-hydrogen) atoms. The number of nitrogens with one attached hydrogen (secondary N) is 1. The fraction of sp³-hybridized carbons (Fsp3) is 0.538. The standard InChI is InChI=1S/C13H19NO4/c1-9-5-6-11(17-9)10(7-8-15)14-12(16)18-13(2,3)4/h5-6,8,10H,7H2,1-4H3,(H,14,16). The first kappa shape index (κ1) is 14.3. The third-order valence-corrected chi connectivity index (χ3v) is 2.13. The van der Waals surface area contributed by atoms with Crippen molar-refractivity contribution < 1.29 is 18.7 Å². The first-order chi connectivity index (χ1) is 8.31. The monoisotopic (exact) mass is 253 g/mol. The lowest BCUT2D eigenvalue weighted by molar-refractivity contribution is -0.108. The maximum Gasteiger partial charge on any atom is 0.408 e. The Morgan fingerprint density at radius 3 is 2.61 bits per heavy atom. The van der Waals surface area contributed by atoms with E-state index in [2.05, 4.69) is 5.32 Å². The van der Waals surface area contributed by atoms with Crippen LogP contribution in [0.2, 0.25) is 0 Å². The summed E-state index contributed by atoms with van der Waals surface area (Å²) in [6.07, 6.45) is 0.315. The zero-order valence-corrected chi connectivity index (χ0v) is 11.1. The Bertz CT molecular complexity index is 417. The highest BCUT2D eigenvalue weighted by atomic mass is 16.6. The van der Waals surface area contributed by atoms with Gasteiger partial charge in [0.25, 0.3) is 0 Å². The zero-order chi connectivity index (χ0) is 13.8. The smallest absolute Gasteiger partial charge is 0.408 e. The van der Waals surface area contributed by atoms with Crippen LogP contribution in [0.3, 0.4) is 0 Å². The van der Waals surface area contributed by atoms with E-state index in [-0.39, 0.29) is 6.42 Å². The van der Waals surface area contributed by atoms with Crippen LogP contribution >= 0.6 is 0 Å². The summed E-state index contributed by atoms with van der Waals surface area (Å²) in [5, 5.41) is 2.62. The number of rotatable bonds is 4. The number of furan rings is 1. The van der Waals surface area contributed by atoms with Gasteiger partial charge in [-0.25, -0.2) is 4.79 Å².